The van der Waals surface area contributed by atoms with Crippen LogP contribution >= 0.6 is 0 Å². The highest BCUT2D eigenvalue weighted by atomic mass is 16.7. The van der Waals surface area contributed by atoms with Gasteiger partial charge in [0.15, 0.2) is 12.8 Å². The van der Waals surface area contributed by atoms with Crippen LogP contribution in [-0.2, 0) is 20.7 Å². The van der Waals surface area contributed by atoms with Crippen LogP contribution in [0.2, 0.25) is 0 Å². The molecule has 3 aromatic carbocycles. The molecule has 0 fully saturated rings. The quantitative estimate of drug-likeness (QED) is 0.249. The minimum Gasteiger partial charge on any atom is -0.468 e. The molecule has 1 atom stereocenters. The summed E-state index contributed by atoms with van der Waals surface area (Å²) in [7, 11) is 1.58. The first-order valence-corrected chi connectivity index (χ1v) is 11.0. The molecule has 0 N–H and O–H groups in total. The van der Waals surface area contributed by atoms with Gasteiger partial charge in [-0.2, -0.15) is 0 Å². The number of aliphatic imine (C=N–C) groups is 1. The second-order valence-electron chi connectivity index (χ2n) is 8.66. The smallest absolute Gasteiger partial charge is 0.331 e. The summed E-state index contributed by atoms with van der Waals surface area (Å²) in [5.41, 5.74) is 3.00. The number of carbonyl (C=O) groups excluding carboxylic acids is 1. The third kappa shape index (κ3) is 7.58. The van der Waals surface area contributed by atoms with Gasteiger partial charge in [0.2, 0.25) is 0 Å². The second-order valence-corrected chi connectivity index (χ2v) is 8.66. The molecule has 0 amide bonds. The Balaban J connectivity index is 1.98. The highest BCUT2D eigenvalue weighted by molar-refractivity contribution is 6.13. The van der Waals surface area contributed by atoms with Crippen LogP contribution in [0, 0.1) is 0 Å². The molecule has 5 nitrogen and oxygen atoms in total. The number of carbonyl (C=O) groups is 1. The number of methoxy groups -OCH3 is 1. The van der Waals surface area contributed by atoms with Gasteiger partial charge >= 0.3 is 5.97 Å². The summed E-state index contributed by atoms with van der Waals surface area (Å²) >= 11 is 0. The summed E-state index contributed by atoms with van der Waals surface area (Å²) in [5.74, 6) is 0.346. The topological polar surface area (TPSA) is 57.1 Å². The van der Waals surface area contributed by atoms with Gasteiger partial charge < -0.3 is 14.2 Å². The van der Waals surface area contributed by atoms with E-state index >= 15 is 0 Å². The summed E-state index contributed by atoms with van der Waals surface area (Å²) in [4.78, 5) is 18.2. The first kappa shape index (κ1) is 24.2. The van der Waals surface area contributed by atoms with Crippen LogP contribution < -0.4 is 4.74 Å². The molecule has 0 saturated carbocycles. The summed E-state index contributed by atoms with van der Waals surface area (Å²) in [6.45, 7) is 5.77. The molecule has 33 heavy (non-hydrogen) atoms. The molecule has 0 spiro atoms. The molecule has 0 aliphatic rings. The van der Waals surface area contributed by atoms with Gasteiger partial charge in [-0.15, -0.1) is 0 Å². The molecule has 5 heteroatoms. The molecule has 0 aliphatic heterocycles. The average Bonchev–Trinajstić information content (AvgIpc) is 2.81. The first-order chi connectivity index (χ1) is 15.9. The SMILES string of the molecule is COCOc1ccc(C[C@H](N=C(c2ccccc2)c2ccccc2)C(=O)OC(C)(C)C)cc1. The lowest BCUT2D eigenvalue weighted by molar-refractivity contribution is -0.156. The van der Waals surface area contributed by atoms with E-state index in [2.05, 4.69) is 0 Å². The summed E-state index contributed by atoms with van der Waals surface area (Å²) in [6, 6.07) is 26.7. The normalized spacial score (nSPS) is 12.0. The van der Waals surface area contributed by atoms with E-state index < -0.39 is 11.6 Å². The van der Waals surface area contributed by atoms with Gasteiger partial charge in [0.25, 0.3) is 0 Å². The standard InChI is InChI=1S/C28H31NO4/c1-28(2,3)33-27(30)25(19-21-15-17-24(18-16-21)32-20-31-4)29-26(22-11-7-5-8-12-22)23-13-9-6-10-14-23/h5-18,25H,19-20H2,1-4H3/t25-/m0/s1. The van der Waals surface area contributed by atoms with Gasteiger partial charge in [0, 0.05) is 24.7 Å². The Morgan fingerprint density at radius 3 is 1.88 bits per heavy atom. The average molecular weight is 446 g/mol. The van der Waals surface area contributed by atoms with E-state index in [1.165, 1.54) is 0 Å². The van der Waals surface area contributed by atoms with Crippen LogP contribution in [0.25, 0.3) is 0 Å². The van der Waals surface area contributed by atoms with Crippen molar-refractivity contribution >= 4 is 11.7 Å². The number of hydrogen-bond acceptors (Lipinski definition) is 5. The van der Waals surface area contributed by atoms with Gasteiger partial charge in [-0.1, -0.05) is 72.8 Å². The molecular weight excluding hydrogens is 414 g/mol. The van der Waals surface area contributed by atoms with Crippen molar-refractivity contribution in [1.29, 1.82) is 0 Å². The number of rotatable bonds is 9. The third-order valence-electron chi connectivity index (χ3n) is 4.75. The molecule has 0 unspecified atom stereocenters. The van der Waals surface area contributed by atoms with Gasteiger partial charge in [-0.25, -0.2) is 4.79 Å². The maximum atomic E-state index is 13.2. The Morgan fingerprint density at radius 2 is 1.39 bits per heavy atom. The summed E-state index contributed by atoms with van der Waals surface area (Å²) in [6.07, 6.45) is 0.405. The molecule has 172 valence electrons. The minimum atomic E-state index is -0.703. The second kappa shape index (κ2) is 11.4. The van der Waals surface area contributed by atoms with Crippen molar-refractivity contribution in [3.05, 3.63) is 102 Å². The number of ether oxygens (including phenoxy) is 3. The highest BCUT2D eigenvalue weighted by Crippen LogP contribution is 2.19. The van der Waals surface area contributed by atoms with E-state index in [4.69, 9.17) is 19.2 Å². The predicted molar refractivity (Wildman–Crippen MR) is 131 cm³/mol. The largest absolute Gasteiger partial charge is 0.468 e. The fraction of sp³-hybridized carbons (Fsp3) is 0.286. The molecule has 0 aliphatic carbocycles. The number of hydrogen-bond donors (Lipinski definition) is 0. The van der Waals surface area contributed by atoms with Crippen LogP contribution in [0.3, 0.4) is 0 Å². The van der Waals surface area contributed by atoms with Crippen molar-refractivity contribution in [3.63, 3.8) is 0 Å². The van der Waals surface area contributed by atoms with E-state index in [9.17, 15) is 4.79 Å². The molecular formula is C28H31NO4. The van der Waals surface area contributed by atoms with Crippen LogP contribution in [-0.4, -0.2) is 37.2 Å². The van der Waals surface area contributed by atoms with Gasteiger partial charge in [0.05, 0.1) is 5.71 Å². The van der Waals surface area contributed by atoms with Crippen molar-refractivity contribution in [2.24, 2.45) is 4.99 Å². The molecule has 0 saturated heterocycles. The predicted octanol–water partition coefficient (Wildman–Crippen LogP) is 5.46. The fourth-order valence-electron chi connectivity index (χ4n) is 3.29. The third-order valence-corrected chi connectivity index (χ3v) is 4.75. The zero-order chi connectivity index (χ0) is 23.7. The maximum absolute atomic E-state index is 13.2. The van der Waals surface area contributed by atoms with Crippen LogP contribution in [0.5, 0.6) is 5.75 Å². The van der Waals surface area contributed by atoms with Crippen molar-refractivity contribution in [1.82, 2.24) is 0 Å². The minimum absolute atomic E-state index is 0.182. The monoisotopic (exact) mass is 445 g/mol. The van der Waals surface area contributed by atoms with E-state index in [-0.39, 0.29) is 12.8 Å². The zero-order valence-corrected chi connectivity index (χ0v) is 19.7. The number of nitrogens with zero attached hydrogens (tertiary/aromatic N) is 1. The van der Waals surface area contributed by atoms with E-state index in [1.807, 2.05) is 106 Å². The Labute approximate surface area is 196 Å². The van der Waals surface area contributed by atoms with E-state index in [0.717, 1.165) is 22.4 Å². The van der Waals surface area contributed by atoms with Crippen molar-refractivity contribution in [2.45, 2.75) is 38.8 Å². The summed E-state index contributed by atoms with van der Waals surface area (Å²) < 4.78 is 16.1. The van der Waals surface area contributed by atoms with Crippen molar-refractivity contribution in [3.8, 4) is 5.75 Å². The maximum Gasteiger partial charge on any atom is 0.331 e. The van der Waals surface area contributed by atoms with Crippen LogP contribution in [0.15, 0.2) is 89.9 Å². The lowest BCUT2D eigenvalue weighted by Gasteiger charge is -2.23. The van der Waals surface area contributed by atoms with Gasteiger partial charge in [-0.05, 0) is 38.5 Å². The Kier molecular flexibility index (Phi) is 8.39. The van der Waals surface area contributed by atoms with Crippen molar-refractivity contribution in [2.75, 3.05) is 13.9 Å². The van der Waals surface area contributed by atoms with Gasteiger partial charge in [0.1, 0.15) is 11.4 Å². The number of esters is 1. The van der Waals surface area contributed by atoms with E-state index in [0.29, 0.717) is 12.2 Å². The molecule has 0 heterocycles. The van der Waals surface area contributed by atoms with Crippen molar-refractivity contribution < 1.29 is 19.0 Å². The first-order valence-electron chi connectivity index (χ1n) is 11.0. The lowest BCUT2D eigenvalue weighted by atomic mass is 10.0. The molecule has 0 aromatic heterocycles. The van der Waals surface area contributed by atoms with Gasteiger partial charge in [-0.3, -0.25) is 4.99 Å². The Morgan fingerprint density at radius 1 is 0.848 bits per heavy atom. The molecule has 3 aromatic rings. The molecule has 3 rings (SSSR count). The molecule has 0 radical (unpaired) electrons. The summed E-state index contributed by atoms with van der Waals surface area (Å²) in [5, 5.41) is 0. The highest BCUT2D eigenvalue weighted by Gasteiger charge is 2.26. The fourth-order valence-corrected chi connectivity index (χ4v) is 3.29. The van der Waals surface area contributed by atoms with Crippen LogP contribution in [0.1, 0.15) is 37.5 Å². The van der Waals surface area contributed by atoms with Crippen LogP contribution in [0.4, 0.5) is 0 Å². The lowest BCUT2D eigenvalue weighted by Crippen LogP contribution is -2.33. The zero-order valence-electron chi connectivity index (χ0n) is 19.7. The molecule has 0 bridgehead atoms. The van der Waals surface area contributed by atoms with E-state index in [1.54, 1.807) is 7.11 Å². The Hall–Kier alpha value is -3.44. The Bertz CT molecular complexity index is 997. The number of benzene rings is 3.